The lowest BCUT2D eigenvalue weighted by Crippen LogP contribution is -2.39. The zero-order valence-electron chi connectivity index (χ0n) is 18.1. The molecule has 2 amide bonds. The third-order valence-electron chi connectivity index (χ3n) is 5.58. The number of carbonyl (C=O) groups excluding carboxylic acids is 2. The molecule has 160 valence electrons. The highest BCUT2D eigenvalue weighted by Crippen LogP contribution is 2.30. The molecule has 1 aliphatic rings. The first kappa shape index (κ1) is 21.7. The minimum atomic E-state index is -0.128. The molecule has 1 aliphatic heterocycles. The van der Waals surface area contributed by atoms with E-state index in [1.54, 1.807) is 11.9 Å². The number of aryl methyl sites for hydroxylation is 1. The van der Waals surface area contributed by atoms with Gasteiger partial charge in [0, 0.05) is 40.1 Å². The number of aromatic nitrogens is 2. The first-order valence-electron chi connectivity index (χ1n) is 10.6. The predicted octanol–water partition coefficient (Wildman–Crippen LogP) is 3.18. The van der Waals surface area contributed by atoms with Crippen LogP contribution in [0.25, 0.3) is 0 Å². The Kier molecular flexibility index (Phi) is 7.38. The van der Waals surface area contributed by atoms with E-state index in [2.05, 4.69) is 22.4 Å². The Balaban J connectivity index is 1.78. The smallest absolute Gasteiger partial charge is 0.223 e. The van der Waals surface area contributed by atoms with Crippen LogP contribution >= 0.6 is 0 Å². The van der Waals surface area contributed by atoms with E-state index >= 15 is 0 Å². The first-order valence-corrected chi connectivity index (χ1v) is 10.6. The minimum Gasteiger partial charge on any atom is -0.373 e. The van der Waals surface area contributed by atoms with E-state index in [9.17, 15) is 9.59 Å². The van der Waals surface area contributed by atoms with Gasteiger partial charge >= 0.3 is 0 Å². The molecule has 1 aromatic heterocycles. The minimum absolute atomic E-state index is 0.0171. The Labute approximate surface area is 178 Å². The summed E-state index contributed by atoms with van der Waals surface area (Å²) in [6, 6.07) is 11.8. The van der Waals surface area contributed by atoms with Crippen molar-refractivity contribution in [1.82, 2.24) is 19.8 Å². The quantitative estimate of drug-likeness (QED) is 0.760. The van der Waals surface area contributed by atoms with Crippen molar-refractivity contribution in [3.63, 3.8) is 0 Å². The highest BCUT2D eigenvalue weighted by molar-refractivity contribution is 5.77. The molecule has 1 fully saturated rings. The highest BCUT2D eigenvalue weighted by Gasteiger charge is 2.30. The summed E-state index contributed by atoms with van der Waals surface area (Å²) in [5, 5.41) is 3.08. The summed E-state index contributed by atoms with van der Waals surface area (Å²) in [5.41, 5.74) is 1.94. The zero-order chi connectivity index (χ0) is 21.5. The van der Waals surface area contributed by atoms with Gasteiger partial charge in [-0.05, 0) is 31.2 Å². The molecule has 3 rings (SSSR count). The number of rotatable bonds is 7. The van der Waals surface area contributed by atoms with Gasteiger partial charge in [-0.25, -0.2) is 9.97 Å². The standard InChI is InChI=1S/C23H31N5O2/c1-17(29)27(3)16-19-15-21(24-2)26-23(25-19)20-11-7-8-14-28(20)22(30)13-12-18-9-5-4-6-10-18/h4-6,9-10,15,20H,7-8,11-14,16H2,1-3H3,(H,24,25,26)/t20-/m0/s1. The second kappa shape index (κ2) is 10.2. The molecular formula is C23H31N5O2. The van der Waals surface area contributed by atoms with Gasteiger partial charge in [-0.1, -0.05) is 30.3 Å². The molecule has 2 heterocycles. The van der Waals surface area contributed by atoms with E-state index in [-0.39, 0.29) is 17.9 Å². The van der Waals surface area contributed by atoms with Crippen molar-refractivity contribution in [2.75, 3.05) is 26.0 Å². The van der Waals surface area contributed by atoms with Crippen molar-refractivity contribution in [1.29, 1.82) is 0 Å². The van der Waals surface area contributed by atoms with Crippen LogP contribution in [0.15, 0.2) is 36.4 Å². The lowest BCUT2D eigenvalue weighted by molar-refractivity contribution is -0.135. The van der Waals surface area contributed by atoms with Crippen LogP contribution in [0.2, 0.25) is 0 Å². The summed E-state index contributed by atoms with van der Waals surface area (Å²) < 4.78 is 0. The average molecular weight is 410 g/mol. The molecule has 30 heavy (non-hydrogen) atoms. The number of hydrogen-bond donors (Lipinski definition) is 1. The van der Waals surface area contributed by atoms with Crippen molar-refractivity contribution in [2.24, 2.45) is 0 Å². The van der Waals surface area contributed by atoms with E-state index < -0.39 is 0 Å². The third-order valence-corrected chi connectivity index (χ3v) is 5.58. The van der Waals surface area contributed by atoms with Crippen molar-refractivity contribution in [2.45, 2.75) is 51.6 Å². The number of carbonyl (C=O) groups is 2. The monoisotopic (exact) mass is 409 g/mol. The van der Waals surface area contributed by atoms with Gasteiger partial charge in [0.25, 0.3) is 0 Å². The topological polar surface area (TPSA) is 78.4 Å². The van der Waals surface area contributed by atoms with Gasteiger partial charge in [-0.3, -0.25) is 9.59 Å². The summed E-state index contributed by atoms with van der Waals surface area (Å²) in [4.78, 5) is 37.7. The Morgan fingerprint density at radius 3 is 2.67 bits per heavy atom. The molecule has 1 atom stereocenters. The van der Waals surface area contributed by atoms with Crippen molar-refractivity contribution >= 4 is 17.6 Å². The van der Waals surface area contributed by atoms with Crippen LogP contribution in [0.4, 0.5) is 5.82 Å². The molecule has 0 aliphatic carbocycles. The number of hydrogen-bond acceptors (Lipinski definition) is 5. The maximum absolute atomic E-state index is 13.1. The number of anilines is 1. The Morgan fingerprint density at radius 2 is 1.97 bits per heavy atom. The maximum Gasteiger partial charge on any atom is 0.223 e. The van der Waals surface area contributed by atoms with Gasteiger partial charge in [-0.15, -0.1) is 0 Å². The van der Waals surface area contributed by atoms with Crippen LogP contribution in [0, 0.1) is 0 Å². The summed E-state index contributed by atoms with van der Waals surface area (Å²) in [5.74, 6) is 1.48. The lowest BCUT2D eigenvalue weighted by Gasteiger charge is -2.35. The summed E-state index contributed by atoms with van der Waals surface area (Å²) in [7, 11) is 3.57. The SMILES string of the molecule is CNc1cc(CN(C)C(C)=O)nc([C@@H]2CCCCN2C(=O)CCc2ccccc2)n1. The predicted molar refractivity (Wildman–Crippen MR) is 117 cm³/mol. The molecule has 0 unspecified atom stereocenters. The largest absolute Gasteiger partial charge is 0.373 e. The molecule has 0 bridgehead atoms. The molecule has 2 aromatic rings. The fourth-order valence-electron chi connectivity index (χ4n) is 3.77. The van der Waals surface area contributed by atoms with Crippen LogP contribution in [-0.4, -0.2) is 52.2 Å². The number of benzene rings is 1. The first-order chi connectivity index (χ1) is 14.5. The maximum atomic E-state index is 13.1. The van der Waals surface area contributed by atoms with E-state index in [4.69, 9.17) is 4.98 Å². The van der Waals surface area contributed by atoms with Gasteiger partial charge in [-0.2, -0.15) is 0 Å². The number of nitrogens with one attached hydrogen (secondary N) is 1. The number of amides is 2. The Bertz CT molecular complexity index is 871. The zero-order valence-corrected chi connectivity index (χ0v) is 18.1. The fourth-order valence-corrected chi connectivity index (χ4v) is 3.77. The molecule has 1 N–H and O–H groups in total. The second-order valence-electron chi connectivity index (χ2n) is 7.81. The van der Waals surface area contributed by atoms with Crippen LogP contribution < -0.4 is 5.32 Å². The van der Waals surface area contributed by atoms with Gasteiger partial charge in [0.05, 0.1) is 18.3 Å². The molecule has 0 spiro atoms. The molecule has 0 radical (unpaired) electrons. The van der Waals surface area contributed by atoms with Crippen molar-refractivity contribution in [3.8, 4) is 0 Å². The van der Waals surface area contributed by atoms with Gasteiger partial charge in [0.1, 0.15) is 5.82 Å². The van der Waals surface area contributed by atoms with E-state index in [1.165, 1.54) is 12.5 Å². The van der Waals surface area contributed by atoms with Gasteiger partial charge in [0.15, 0.2) is 5.82 Å². The van der Waals surface area contributed by atoms with Crippen molar-refractivity contribution < 1.29 is 9.59 Å². The van der Waals surface area contributed by atoms with E-state index in [1.807, 2.05) is 36.2 Å². The summed E-state index contributed by atoms with van der Waals surface area (Å²) in [6.07, 6.45) is 4.11. The van der Waals surface area contributed by atoms with Crippen LogP contribution in [0.5, 0.6) is 0 Å². The molecule has 0 saturated carbocycles. The summed E-state index contributed by atoms with van der Waals surface area (Å²) >= 11 is 0. The third kappa shape index (κ3) is 5.55. The van der Waals surface area contributed by atoms with E-state index in [0.29, 0.717) is 24.6 Å². The van der Waals surface area contributed by atoms with E-state index in [0.717, 1.165) is 37.9 Å². The Morgan fingerprint density at radius 1 is 1.20 bits per heavy atom. The van der Waals surface area contributed by atoms with Crippen molar-refractivity contribution in [3.05, 3.63) is 53.5 Å². The molecule has 1 saturated heterocycles. The van der Waals surface area contributed by atoms with Crippen LogP contribution in [-0.2, 0) is 22.6 Å². The van der Waals surface area contributed by atoms with Gasteiger partial charge < -0.3 is 15.1 Å². The van der Waals surface area contributed by atoms with Crippen LogP contribution in [0.1, 0.15) is 55.7 Å². The molecular weight excluding hydrogens is 378 g/mol. The molecule has 1 aromatic carbocycles. The lowest BCUT2D eigenvalue weighted by atomic mass is 10.00. The normalized spacial score (nSPS) is 16.2. The number of piperidine rings is 1. The Hall–Kier alpha value is -2.96. The number of likely N-dealkylation sites (tertiary alicyclic amines) is 1. The second-order valence-corrected chi connectivity index (χ2v) is 7.81. The summed E-state index contributed by atoms with van der Waals surface area (Å²) in [6.45, 7) is 2.68. The average Bonchev–Trinajstić information content (AvgIpc) is 2.77. The number of nitrogens with zero attached hydrogens (tertiary/aromatic N) is 4. The van der Waals surface area contributed by atoms with Crippen LogP contribution in [0.3, 0.4) is 0 Å². The molecule has 7 nitrogen and oxygen atoms in total. The fraction of sp³-hybridized carbons (Fsp3) is 0.478. The van der Waals surface area contributed by atoms with Gasteiger partial charge in [0.2, 0.25) is 11.8 Å². The molecule has 7 heteroatoms. The highest BCUT2D eigenvalue weighted by atomic mass is 16.2.